The van der Waals surface area contributed by atoms with Gasteiger partial charge in [-0.05, 0) is 31.4 Å². The first-order valence-electron chi connectivity index (χ1n) is 11.6. The third-order valence-electron chi connectivity index (χ3n) is 8.01. The Balaban J connectivity index is 0.00000306. The fraction of sp³-hybridized carbons (Fsp3) is 0.708. The zero-order valence-corrected chi connectivity index (χ0v) is 20.7. The lowest BCUT2D eigenvalue weighted by molar-refractivity contribution is -0.938. The van der Waals surface area contributed by atoms with E-state index in [1.807, 2.05) is 6.20 Å². The second-order valence-electron chi connectivity index (χ2n) is 10.0. The summed E-state index contributed by atoms with van der Waals surface area (Å²) in [7, 11) is 1.46. The van der Waals surface area contributed by atoms with E-state index in [2.05, 4.69) is 16.7 Å². The molecule has 1 aromatic rings. The molecule has 8 nitrogen and oxygen atoms in total. The molecule has 1 aromatic heterocycles. The second kappa shape index (κ2) is 9.68. The quantitative estimate of drug-likeness (QED) is 0.231. The Morgan fingerprint density at radius 3 is 2.70 bits per heavy atom. The predicted octanol–water partition coefficient (Wildman–Crippen LogP) is -1.72. The second-order valence-corrected chi connectivity index (χ2v) is 10.0. The molecule has 186 valence electrons. The van der Waals surface area contributed by atoms with Crippen molar-refractivity contribution in [1.82, 2.24) is 4.57 Å². The average Bonchev–Trinajstić information content (AvgIpc) is 3.50. The third kappa shape index (κ3) is 4.26. The minimum absolute atomic E-state index is 0. The molecule has 0 amide bonds. The van der Waals surface area contributed by atoms with Crippen molar-refractivity contribution in [2.24, 2.45) is 5.92 Å². The van der Waals surface area contributed by atoms with Gasteiger partial charge in [-0.2, -0.15) is 0 Å². The van der Waals surface area contributed by atoms with Crippen molar-refractivity contribution in [3.8, 4) is 0 Å². The number of methoxy groups -OCH3 is 1. The highest BCUT2D eigenvalue weighted by Crippen LogP contribution is 2.41. The van der Waals surface area contributed by atoms with Crippen molar-refractivity contribution in [3.63, 3.8) is 0 Å². The number of fused-ring (bicyclic) bond motifs is 2. The van der Waals surface area contributed by atoms with Crippen molar-refractivity contribution >= 4 is 5.97 Å². The Bertz CT molecular complexity index is 902. The van der Waals surface area contributed by atoms with Gasteiger partial charge >= 0.3 is 5.97 Å². The van der Waals surface area contributed by atoms with E-state index in [0.717, 1.165) is 49.4 Å². The van der Waals surface area contributed by atoms with Crippen molar-refractivity contribution < 1.29 is 46.5 Å². The summed E-state index contributed by atoms with van der Waals surface area (Å²) in [6.45, 7) is 8.37. The SMILES string of the molecule is COC(C)C(O)(C(=O)OCC1=CC[N+]2(Cc3ccn4c3C(O)CC4)CCC(O)C12)C(C)C.[Cl-]. The van der Waals surface area contributed by atoms with E-state index in [1.54, 1.807) is 20.8 Å². The molecule has 33 heavy (non-hydrogen) atoms. The highest BCUT2D eigenvalue weighted by atomic mass is 35.5. The van der Waals surface area contributed by atoms with Gasteiger partial charge in [0.15, 0.2) is 5.60 Å². The number of hydrogen-bond acceptors (Lipinski definition) is 6. The van der Waals surface area contributed by atoms with Crippen molar-refractivity contribution in [3.05, 3.63) is 35.2 Å². The topological polar surface area (TPSA) is 101 Å². The summed E-state index contributed by atoms with van der Waals surface area (Å²) >= 11 is 0. The number of aliphatic hydroxyl groups is 3. The first-order valence-corrected chi connectivity index (χ1v) is 11.6. The first-order chi connectivity index (χ1) is 15.1. The number of esters is 1. The molecular weight excluding hydrogens is 448 g/mol. The number of aromatic nitrogens is 1. The highest BCUT2D eigenvalue weighted by Gasteiger charge is 2.54. The average molecular weight is 485 g/mol. The van der Waals surface area contributed by atoms with Crippen LogP contribution in [0.3, 0.4) is 0 Å². The van der Waals surface area contributed by atoms with Gasteiger partial charge in [-0.3, -0.25) is 0 Å². The number of ether oxygens (including phenoxy) is 2. The van der Waals surface area contributed by atoms with Crippen LogP contribution in [0.2, 0.25) is 0 Å². The van der Waals surface area contributed by atoms with Crippen LogP contribution in [-0.2, 0) is 27.4 Å². The van der Waals surface area contributed by atoms with E-state index >= 15 is 0 Å². The summed E-state index contributed by atoms with van der Waals surface area (Å²) in [4.78, 5) is 12.9. The van der Waals surface area contributed by atoms with E-state index in [-0.39, 0.29) is 31.0 Å². The number of carbonyl (C=O) groups is 1. The summed E-state index contributed by atoms with van der Waals surface area (Å²) in [6.07, 6.45) is 3.89. The summed E-state index contributed by atoms with van der Waals surface area (Å²) in [5.74, 6) is -1.08. The van der Waals surface area contributed by atoms with E-state index < -0.39 is 29.9 Å². The molecular formula is C24H37ClN2O6. The smallest absolute Gasteiger partial charge is 0.341 e. The molecule has 0 spiro atoms. The summed E-state index contributed by atoms with van der Waals surface area (Å²) in [5, 5.41) is 32.2. The van der Waals surface area contributed by atoms with Gasteiger partial charge in [-0.1, -0.05) is 13.8 Å². The molecule has 6 unspecified atom stereocenters. The van der Waals surface area contributed by atoms with Crippen LogP contribution in [0.5, 0.6) is 0 Å². The van der Waals surface area contributed by atoms with Crippen LogP contribution in [0.25, 0.3) is 0 Å². The molecule has 3 aliphatic heterocycles. The first kappa shape index (κ1) is 26.2. The number of aryl methyl sites for hydroxylation is 1. The number of nitrogens with zero attached hydrogens (tertiary/aromatic N) is 2. The summed E-state index contributed by atoms with van der Waals surface area (Å²) in [6, 6.07) is 1.93. The maximum absolute atomic E-state index is 12.9. The van der Waals surface area contributed by atoms with E-state index in [0.29, 0.717) is 10.9 Å². The zero-order chi connectivity index (χ0) is 23.3. The van der Waals surface area contributed by atoms with Gasteiger partial charge in [-0.15, -0.1) is 0 Å². The predicted molar refractivity (Wildman–Crippen MR) is 117 cm³/mol. The highest BCUT2D eigenvalue weighted by molar-refractivity contribution is 5.80. The van der Waals surface area contributed by atoms with E-state index in [4.69, 9.17) is 9.47 Å². The standard InChI is InChI=1S/C24H37N2O6.ClH/c1-15(2)24(30,16(3)31-4)23(29)32-14-18-7-11-26(12-8-20(28)22(18)26)13-17-5-9-25-10-6-19(27)21(17)25;/h5,7,9,15-16,19-20,22,27-28,30H,6,8,10-14H2,1-4H3;1H/q+1;/p-1. The normalized spacial score (nSPS) is 30.9. The van der Waals surface area contributed by atoms with Crippen LogP contribution >= 0.6 is 0 Å². The molecule has 1 saturated heterocycles. The minimum atomic E-state index is -1.74. The minimum Gasteiger partial charge on any atom is -1.00 e. The Hall–Kier alpha value is -1.42. The Kier molecular flexibility index (Phi) is 7.68. The van der Waals surface area contributed by atoms with E-state index in [9.17, 15) is 20.1 Å². The van der Waals surface area contributed by atoms with Crippen LogP contribution < -0.4 is 12.4 Å². The number of halogens is 1. The molecule has 0 aliphatic carbocycles. The summed E-state index contributed by atoms with van der Waals surface area (Å²) in [5.41, 5.74) is 1.28. The Labute approximate surface area is 201 Å². The van der Waals surface area contributed by atoms with Crippen LogP contribution in [0.1, 0.15) is 51.0 Å². The maximum Gasteiger partial charge on any atom is 0.341 e. The largest absolute Gasteiger partial charge is 1.00 e. The fourth-order valence-corrected chi connectivity index (χ4v) is 5.98. The number of quaternary nitrogens is 1. The zero-order valence-electron chi connectivity index (χ0n) is 19.9. The maximum atomic E-state index is 12.9. The van der Waals surface area contributed by atoms with Gasteiger partial charge in [0.25, 0.3) is 0 Å². The Morgan fingerprint density at radius 2 is 2.03 bits per heavy atom. The molecule has 4 rings (SSSR count). The van der Waals surface area contributed by atoms with Gasteiger partial charge in [0.2, 0.25) is 0 Å². The number of aliphatic hydroxyl groups excluding tert-OH is 2. The van der Waals surface area contributed by atoms with E-state index in [1.165, 1.54) is 7.11 Å². The van der Waals surface area contributed by atoms with Gasteiger partial charge in [-0.25, -0.2) is 4.79 Å². The summed E-state index contributed by atoms with van der Waals surface area (Å²) < 4.78 is 13.6. The monoisotopic (exact) mass is 484 g/mol. The van der Waals surface area contributed by atoms with Crippen LogP contribution in [0, 0.1) is 5.92 Å². The third-order valence-corrected chi connectivity index (χ3v) is 8.01. The molecule has 0 radical (unpaired) electrons. The lowest BCUT2D eigenvalue weighted by Crippen LogP contribution is -3.00. The number of rotatable bonds is 8. The van der Waals surface area contributed by atoms with Crippen LogP contribution in [-0.4, -0.2) is 81.0 Å². The fourth-order valence-electron chi connectivity index (χ4n) is 5.98. The molecule has 6 atom stereocenters. The molecule has 3 N–H and O–H groups in total. The molecule has 4 heterocycles. The molecule has 0 bridgehead atoms. The molecule has 0 aromatic carbocycles. The van der Waals surface area contributed by atoms with Crippen LogP contribution in [0.15, 0.2) is 23.9 Å². The van der Waals surface area contributed by atoms with Gasteiger partial charge < -0.3 is 46.3 Å². The molecule has 9 heteroatoms. The van der Waals surface area contributed by atoms with Crippen molar-refractivity contribution in [2.45, 2.75) is 76.7 Å². The lowest BCUT2D eigenvalue weighted by atomic mass is 9.85. The number of hydrogen-bond donors (Lipinski definition) is 3. The van der Waals surface area contributed by atoms with Crippen LogP contribution in [0.4, 0.5) is 0 Å². The lowest BCUT2D eigenvalue weighted by Gasteiger charge is -2.37. The van der Waals surface area contributed by atoms with Gasteiger partial charge in [0.05, 0.1) is 31.0 Å². The van der Waals surface area contributed by atoms with Crippen molar-refractivity contribution in [1.29, 1.82) is 0 Å². The molecule has 3 aliphatic rings. The van der Waals surface area contributed by atoms with Gasteiger partial charge in [0.1, 0.15) is 25.3 Å². The Morgan fingerprint density at radius 1 is 1.30 bits per heavy atom. The number of carbonyl (C=O) groups excluding carboxylic acids is 1. The molecule has 1 fully saturated rings. The van der Waals surface area contributed by atoms with Crippen molar-refractivity contribution in [2.75, 3.05) is 26.8 Å². The van der Waals surface area contributed by atoms with Gasteiger partial charge in [0, 0.05) is 37.4 Å². The molecule has 0 saturated carbocycles.